The van der Waals surface area contributed by atoms with Crippen molar-refractivity contribution in [2.24, 2.45) is 0 Å². The molecule has 1 saturated heterocycles. The lowest BCUT2D eigenvalue weighted by Crippen LogP contribution is -2.47. The summed E-state index contributed by atoms with van der Waals surface area (Å²) in [5, 5.41) is 6.26. The molecule has 0 aliphatic carbocycles. The monoisotopic (exact) mass is 257 g/mol. The number of likely N-dealkylation sites (N-methyl/N-ethyl adjacent to an activating group) is 1. The minimum Gasteiger partial charge on any atom is -0.383 e. The van der Waals surface area contributed by atoms with Crippen molar-refractivity contribution in [3.8, 4) is 0 Å². The van der Waals surface area contributed by atoms with E-state index in [2.05, 4.69) is 22.6 Å². The lowest BCUT2D eigenvalue weighted by molar-refractivity contribution is -0.123. The molecule has 0 unspecified atom stereocenters. The van der Waals surface area contributed by atoms with Crippen molar-refractivity contribution in [2.45, 2.75) is 31.7 Å². The van der Waals surface area contributed by atoms with Crippen LogP contribution in [0.3, 0.4) is 0 Å². The van der Waals surface area contributed by atoms with Gasteiger partial charge >= 0.3 is 0 Å². The zero-order valence-electron chi connectivity index (χ0n) is 11.7. The Morgan fingerprint density at radius 3 is 2.94 bits per heavy atom. The lowest BCUT2D eigenvalue weighted by Gasteiger charge is -2.22. The molecule has 0 radical (unpaired) electrons. The van der Waals surface area contributed by atoms with Crippen LogP contribution in [0.25, 0.3) is 0 Å². The third-order valence-electron chi connectivity index (χ3n) is 3.32. The molecule has 0 spiro atoms. The molecular formula is C13H27N3O2. The van der Waals surface area contributed by atoms with Gasteiger partial charge in [-0.25, -0.2) is 0 Å². The maximum Gasteiger partial charge on any atom is 0.237 e. The zero-order chi connectivity index (χ0) is 13.2. The Labute approximate surface area is 110 Å². The fraction of sp³-hybridized carbons (Fsp3) is 0.923. The number of methoxy groups -OCH3 is 1. The van der Waals surface area contributed by atoms with E-state index in [-0.39, 0.29) is 11.9 Å². The van der Waals surface area contributed by atoms with Crippen molar-refractivity contribution in [2.75, 3.05) is 46.9 Å². The summed E-state index contributed by atoms with van der Waals surface area (Å²) in [6.45, 7) is 4.41. The second kappa shape index (κ2) is 9.30. The van der Waals surface area contributed by atoms with Crippen LogP contribution in [0, 0.1) is 0 Å². The van der Waals surface area contributed by atoms with Gasteiger partial charge in [-0.2, -0.15) is 0 Å². The van der Waals surface area contributed by atoms with Crippen molar-refractivity contribution < 1.29 is 9.53 Å². The maximum absolute atomic E-state index is 11.8. The molecule has 0 bridgehead atoms. The van der Waals surface area contributed by atoms with E-state index in [0.717, 1.165) is 52.0 Å². The molecule has 18 heavy (non-hydrogen) atoms. The van der Waals surface area contributed by atoms with Crippen LogP contribution >= 0.6 is 0 Å². The van der Waals surface area contributed by atoms with Crippen LogP contribution in [-0.2, 0) is 9.53 Å². The zero-order valence-corrected chi connectivity index (χ0v) is 11.7. The van der Waals surface area contributed by atoms with Gasteiger partial charge in [-0.1, -0.05) is 6.42 Å². The molecule has 106 valence electrons. The number of nitrogens with zero attached hydrogens (tertiary/aromatic N) is 1. The molecule has 1 amide bonds. The van der Waals surface area contributed by atoms with Gasteiger partial charge in [0.15, 0.2) is 0 Å². The lowest BCUT2D eigenvalue weighted by atomic mass is 10.0. The molecule has 1 rings (SSSR count). The average Bonchev–Trinajstić information content (AvgIpc) is 2.42. The first-order valence-corrected chi connectivity index (χ1v) is 6.92. The van der Waals surface area contributed by atoms with Crippen LogP contribution < -0.4 is 10.6 Å². The number of rotatable bonds is 8. The first-order valence-electron chi connectivity index (χ1n) is 6.92. The third kappa shape index (κ3) is 6.33. The Morgan fingerprint density at radius 2 is 2.28 bits per heavy atom. The van der Waals surface area contributed by atoms with Crippen LogP contribution in [0.1, 0.15) is 25.7 Å². The molecule has 1 aliphatic rings. The Balaban J connectivity index is 2.01. The first kappa shape index (κ1) is 15.4. The molecule has 1 heterocycles. The summed E-state index contributed by atoms with van der Waals surface area (Å²) < 4.78 is 5.02. The summed E-state index contributed by atoms with van der Waals surface area (Å²) in [5.41, 5.74) is 0. The van der Waals surface area contributed by atoms with E-state index < -0.39 is 0 Å². The van der Waals surface area contributed by atoms with Crippen molar-refractivity contribution in [1.29, 1.82) is 0 Å². The Hall–Kier alpha value is -0.650. The molecule has 5 heteroatoms. The van der Waals surface area contributed by atoms with Crippen molar-refractivity contribution in [3.05, 3.63) is 0 Å². The van der Waals surface area contributed by atoms with Crippen LogP contribution in [0.4, 0.5) is 0 Å². The third-order valence-corrected chi connectivity index (χ3v) is 3.32. The van der Waals surface area contributed by atoms with Crippen LogP contribution in [0.15, 0.2) is 0 Å². The summed E-state index contributed by atoms with van der Waals surface area (Å²) in [6.07, 6.45) is 4.30. The van der Waals surface area contributed by atoms with E-state index in [9.17, 15) is 4.79 Å². The second-order valence-electron chi connectivity index (χ2n) is 4.94. The van der Waals surface area contributed by atoms with Gasteiger partial charge in [0, 0.05) is 20.2 Å². The van der Waals surface area contributed by atoms with E-state index in [0.29, 0.717) is 0 Å². The quantitative estimate of drug-likeness (QED) is 0.611. The number of carbonyl (C=O) groups is 1. The van der Waals surface area contributed by atoms with Gasteiger partial charge in [0.2, 0.25) is 5.91 Å². The van der Waals surface area contributed by atoms with E-state index in [4.69, 9.17) is 4.74 Å². The molecule has 0 aromatic rings. The minimum atomic E-state index is 0.0324. The predicted octanol–water partition coefficient (Wildman–Crippen LogP) is 0.213. The molecule has 0 aromatic heterocycles. The largest absolute Gasteiger partial charge is 0.383 e. The smallest absolute Gasteiger partial charge is 0.237 e. The van der Waals surface area contributed by atoms with Gasteiger partial charge in [0.05, 0.1) is 12.6 Å². The van der Waals surface area contributed by atoms with Crippen molar-refractivity contribution in [3.63, 3.8) is 0 Å². The molecular weight excluding hydrogens is 230 g/mol. The van der Waals surface area contributed by atoms with Gasteiger partial charge in [-0.15, -0.1) is 0 Å². The topological polar surface area (TPSA) is 53.6 Å². The Bertz CT molecular complexity index is 230. The number of carbonyl (C=O) groups excluding carboxylic acids is 1. The van der Waals surface area contributed by atoms with Gasteiger partial charge in [0.25, 0.3) is 0 Å². The summed E-state index contributed by atoms with van der Waals surface area (Å²) in [4.78, 5) is 14.0. The Kier molecular flexibility index (Phi) is 7.96. The number of piperidine rings is 1. The summed E-state index contributed by atoms with van der Waals surface area (Å²) in [7, 11) is 3.79. The van der Waals surface area contributed by atoms with Crippen LogP contribution in [0.5, 0.6) is 0 Å². The van der Waals surface area contributed by atoms with E-state index in [1.807, 2.05) is 0 Å². The number of nitrogens with one attached hydrogen (secondary N) is 2. The molecule has 5 nitrogen and oxygen atoms in total. The van der Waals surface area contributed by atoms with E-state index in [1.54, 1.807) is 7.11 Å². The fourth-order valence-electron chi connectivity index (χ4n) is 2.12. The fourth-order valence-corrected chi connectivity index (χ4v) is 2.12. The SMILES string of the molecule is COCCN(C)CCCNC(=O)[C@H]1CCCCN1. The highest BCUT2D eigenvalue weighted by atomic mass is 16.5. The minimum absolute atomic E-state index is 0.0324. The molecule has 1 fully saturated rings. The molecule has 1 aliphatic heterocycles. The van der Waals surface area contributed by atoms with E-state index >= 15 is 0 Å². The van der Waals surface area contributed by atoms with Gasteiger partial charge in [0.1, 0.15) is 0 Å². The summed E-state index contributed by atoms with van der Waals surface area (Å²) in [6, 6.07) is 0.0324. The first-order chi connectivity index (χ1) is 8.74. The predicted molar refractivity (Wildman–Crippen MR) is 72.6 cm³/mol. The molecule has 0 aromatic carbocycles. The molecule has 2 N–H and O–H groups in total. The summed E-state index contributed by atoms with van der Waals surface area (Å²) >= 11 is 0. The van der Waals surface area contributed by atoms with Crippen molar-refractivity contribution in [1.82, 2.24) is 15.5 Å². The highest BCUT2D eigenvalue weighted by molar-refractivity contribution is 5.81. The maximum atomic E-state index is 11.8. The normalized spacial score (nSPS) is 20.1. The highest BCUT2D eigenvalue weighted by Crippen LogP contribution is 2.06. The van der Waals surface area contributed by atoms with Gasteiger partial charge < -0.3 is 20.3 Å². The number of ether oxygens (including phenoxy) is 1. The number of hydrogen-bond donors (Lipinski definition) is 2. The van der Waals surface area contributed by atoms with Gasteiger partial charge in [-0.05, 0) is 39.4 Å². The highest BCUT2D eigenvalue weighted by Gasteiger charge is 2.19. The summed E-state index contributed by atoms with van der Waals surface area (Å²) in [5.74, 6) is 0.161. The van der Waals surface area contributed by atoms with Crippen molar-refractivity contribution >= 4 is 5.91 Å². The van der Waals surface area contributed by atoms with E-state index in [1.165, 1.54) is 6.42 Å². The average molecular weight is 257 g/mol. The van der Waals surface area contributed by atoms with Gasteiger partial charge in [-0.3, -0.25) is 4.79 Å². The standard InChI is InChI=1S/C13H27N3O2/c1-16(10-11-18-2)9-5-8-15-13(17)12-6-3-4-7-14-12/h12,14H,3-11H2,1-2H3,(H,15,17)/t12-/m1/s1. The molecule has 1 atom stereocenters. The molecule has 0 saturated carbocycles. The number of amides is 1. The number of hydrogen-bond acceptors (Lipinski definition) is 4. The van der Waals surface area contributed by atoms with Crippen LogP contribution in [-0.4, -0.2) is 63.8 Å². The second-order valence-corrected chi connectivity index (χ2v) is 4.94. The Morgan fingerprint density at radius 1 is 1.44 bits per heavy atom. The van der Waals surface area contributed by atoms with Crippen LogP contribution in [0.2, 0.25) is 0 Å².